The van der Waals surface area contributed by atoms with E-state index in [9.17, 15) is 15.0 Å². The fourth-order valence-electron chi connectivity index (χ4n) is 10.1. The van der Waals surface area contributed by atoms with Crippen LogP contribution in [0.25, 0.3) is 0 Å². The van der Waals surface area contributed by atoms with Gasteiger partial charge in [-0.2, -0.15) is 0 Å². The van der Waals surface area contributed by atoms with Gasteiger partial charge < -0.3 is 10.2 Å². The number of Topliss-reactive ketones (excluding diaryl/α,β-unsaturated/α-hetero) is 1. The Kier molecular flexibility index (Phi) is 5.89. The van der Waals surface area contributed by atoms with Crippen molar-refractivity contribution in [3.8, 4) is 0 Å². The minimum Gasteiger partial charge on any atom is -0.393 e. The van der Waals surface area contributed by atoms with Gasteiger partial charge in [0.25, 0.3) is 0 Å². The van der Waals surface area contributed by atoms with E-state index in [0.717, 1.165) is 49.9 Å². The highest BCUT2D eigenvalue weighted by Crippen LogP contribution is 2.68. The molecule has 5 rings (SSSR count). The average Bonchev–Trinajstić information content (AvgIpc) is 3.40. The maximum Gasteiger partial charge on any atom is 0.133 e. The number of aliphatic hydroxyl groups excluding tert-OH is 2. The van der Waals surface area contributed by atoms with Gasteiger partial charge in [-0.1, -0.05) is 47.5 Å². The zero-order chi connectivity index (χ0) is 23.0. The summed E-state index contributed by atoms with van der Waals surface area (Å²) in [5.74, 6) is 5.79. The van der Waals surface area contributed by atoms with Crippen molar-refractivity contribution in [3.05, 3.63) is 0 Å². The topological polar surface area (TPSA) is 57.5 Å². The lowest BCUT2D eigenvalue weighted by atomic mass is 9.44. The number of fused-ring (bicyclic) bond motifs is 5. The van der Waals surface area contributed by atoms with Gasteiger partial charge >= 0.3 is 0 Å². The Morgan fingerprint density at radius 2 is 1.69 bits per heavy atom. The van der Waals surface area contributed by atoms with E-state index >= 15 is 0 Å². The van der Waals surface area contributed by atoms with Crippen molar-refractivity contribution >= 4 is 5.78 Å². The normalized spacial score (nSPS) is 54.3. The van der Waals surface area contributed by atoms with Crippen LogP contribution in [-0.4, -0.2) is 28.2 Å². The molecule has 32 heavy (non-hydrogen) atoms. The summed E-state index contributed by atoms with van der Waals surface area (Å²) < 4.78 is 0. The first-order valence-electron chi connectivity index (χ1n) is 13.9. The van der Waals surface area contributed by atoms with Crippen molar-refractivity contribution in [1.82, 2.24) is 0 Å². The monoisotopic (exact) mass is 444 g/mol. The van der Waals surface area contributed by atoms with Crippen LogP contribution in [0.4, 0.5) is 0 Å². The molecule has 5 saturated carbocycles. The molecule has 3 heteroatoms. The molecule has 0 aromatic rings. The number of hydrogen-bond donors (Lipinski definition) is 2. The molecule has 0 aliphatic heterocycles. The summed E-state index contributed by atoms with van der Waals surface area (Å²) in [6.45, 7) is 11.9. The molecule has 5 aliphatic carbocycles. The number of carbonyl (C=O) groups is 1. The Hall–Kier alpha value is -0.410. The summed E-state index contributed by atoms with van der Waals surface area (Å²) >= 11 is 0. The van der Waals surface area contributed by atoms with Crippen molar-refractivity contribution in [2.24, 2.45) is 64.1 Å². The van der Waals surface area contributed by atoms with Crippen LogP contribution in [0.1, 0.15) is 98.8 Å². The van der Waals surface area contributed by atoms with Crippen molar-refractivity contribution in [2.45, 2.75) is 111 Å². The standard InChI is InChI=1S/C29H48O3/c1-16(22-12-18(22)3)6-7-17(2)27-25(31)14-24-21-9-8-19-13-20(30)10-11-28(19,4)23(21)15-26(32)29(24,27)5/h16-19,21-27,31-32H,6-15H2,1-5H3/t16-,17-,18-,19?,21?,22+,23?,24?,25-,26-,27+,28+,29-/m1/s1. The lowest BCUT2D eigenvalue weighted by Crippen LogP contribution is -2.58. The lowest BCUT2D eigenvalue weighted by molar-refractivity contribution is -0.172. The number of aliphatic hydroxyl groups is 2. The van der Waals surface area contributed by atoms with Crippen LogP contribution < -0.4 is 0 Å². The van der Waals surface area contributed by atoms with Crippen LogP contribution in [0.15, 0.2) is 0 Å². The molecule has 0 aromatic carbocycles. The van der Waals surface area contributed by atoms with Gasteiger partial charge in [-0.05, 0) is 97.2 Å². The van der Waals surface area contributed by atoms with Gasteiger partial charge in [-0.15, -0.1) is 0 Å². The molecule has 0 bridgehead atoms. The Balaban J connectivity index is 1.34. The fourth-order valence-corrected chi connectivity index (χ4v) is 10.1. The molecule has 13 atom stereocenters. The zero-order valence-electron chi connectivity index (χ0n) is 21.2. The summed E-state index contributed by atoms with van der Waals surface area (Å²) in [4.78, 5) is 12.2. The van der Waals surface area contributed by atoms with Gasteiger partial charge in [0.05, 0.1) is 12.2 Å². The van der Waals surface area contributed by atoms with E-state index in [4.69, 9.17) is 0 Å². The first-order valence-corrected chi connectivity index (χ1v) is 13.9. The molecule has 2 N–H and O–H groups in total. The maximum atomic E-state index is 12.2. The van der Waals surface area contributed by atoms with Gasteiger partial charge in [0.2, 0.25) is 0 Å². The molecule has 0 saturated heterocycles. The van der Waals surface area contributed by atoms with E-state index < -0.39 is 0 Å². The van der Waals surface area contributed by atoms with Crippen LogP contribution in [0.3, 0.4) is 0 Å². The highest BCUT2D eigenvalue weighted by atomic mass is 16.3. The van der Waals surface area contributed by atoms with E-state index in [1.54, 1.807) is 0 Å². The average molecular weight is 445 g/mol. The highest BCUT2D eigenvalue weighted by Gasteiger charge is 2.65. The molecule has 0 radical (unpaired) electrons. The van der Waals surface area contributed by atoms with Crippen LogP contribution in [-0.2, 0) is 4.79 Å². The van der Waals surface area contributed by atoms with Crippen molar-refractivity contribution in [2.75, 3.05) is 0 Å². The van der Waals surface area contributed by atoms with E-state index in [-0.39, 0.29) is 29.0 Å². The Morgan fingerprint density at radius 1 is 1.00 bits per heavy atom. The molecule has 0 aromatic heterocycles. The molecule has 182 valence electrons. The van der Waals surface area contributed by atoms with Gasteiger partial charge in [-0.3, -0.25) is 4.79 Å². The van der Waals surface area contributed by atoms with Gasteiger partial charge in [0.15, 0.2) is 0 Å². The third kappa shape index (κ3) is 3.46. The maximum absolute atomic E-state index is 12.2. The molecule has 5 fully saturated rings. The predicted octanol–water partition coefficient (Wildman–Crippen LogP) is 5.86. The van der Waals surface area contributed by atoms with Crippen LogP contribution in [0.5, 0.6) is 0 Å². The van der Waals surface area contributed by atoms with E-state index in [2.05, 4.69) is 34.6 Å². The number of hydrogen-bond acceptors (Lipinski definition) is 3. The minimum absolute atomic E-state index is 0.163. The molecule has 0 amide bonds. The Labute approximate surface area is 196 Å². The number of ketones is 1. The molecule has 0 spiro atoms. The smallest absolute Gasteiger partial charge is 0.133 e. The highest BCUT2D eigenvalue weighted by molar-refractivity contribution is 5.79. The number of rotatable bonds is 5. The fraction of sp³-hybridized carbons (Fsp3) is 0.966. The second-order valence-electron chi connectivity index (χ2n) is 13.8. The zero-order valence-corrected chi connectivity index (χ0v) is 21.2. The third-order valence-corrected chi connectivity index (χ3v) is 12.3. The van der Waals surface area contributed by atoms with Gasteiger partial charge in [-0.25, -0.2) is 0 Å². The molecular formula is C29H48O3. The molecule has 4 unspecified atom stereocenters. The van der Waals surface area contributed by atoms with Gasteiger partial charge in [0, 0.05) is 18.3 Å². The van der Waals surface area contributed by atoms with Crippen molar-refractivity contribution in [1.29, 1.82) is 0 Å². The second kappa shape index (κ2) is 8.08. The Bertz CT molecular complexity index is 734. The van der Waals surface area contributed by atoms with E-state index in [1.165, 1.54) is 32.1 Å². The SMILES string of the molecule is C[C@H](CC[C@@H](C)[C@H]1[C@H](O)CC2C3CCC4CC(=O)CC[C@]4(C)C3C[C@@H](O)[C@@]21C)[C@@H]1C[C@H]1C. The van der Waals surface area contributed by atoms with Crippen LogP contribution in [0.2, 0.25) is 0 Å². The summed E-state index contributed by atoms with van der Waals surface area (Å²) in [6.07, 6.45) is 9.84. The summed E-state index contributed by atoms with van der Waals surface area (Å²) in [5, 5.41) is 23.1. The van der Waals surface area contributed by atoms with Crippen molar-refractivity contribution < 1.29 is 15.0 Å². The summed E-state index contributed by atoms with van der Waals surface area (Å²) in [5.41, 5.74) is 0.0357. The first kappa shape index (κ1) is 23.3. The second-order valence-corrected chi connectivity index (χ2v) is 13.8. The Morgan fingerprint density at radius 3 is 2.38 bits per heavy atom. The van der Waals surface area contributed by atoms with Crippen LogP contribution >= 0.6 is 0 Å². The van der Waals surface area contributed by atoms with E-state index in [0.29, 0.717) is 35.4 Å². The molecule has 3 nitrogen and oxygen atoms in total. The lowest BCUT2D eigenvalue weighted by Gasteiger charge is -2.61. The number of carbonyl (C=O) groups excluding carboxylic acids is 1. The molecule has 5 aliphatic rings. The third-order valence-electron chi connectivity index (χ3n) is 12.3. The summed E-state index contributed by atoms with van der Waals surface area (Å²) in [6, 6.07) is 0. The molecule has 0 heterocycles. The largest absolute Gasteiger partial charge is 0.393 e. The quantitative estimate of drug-likeness (QED) is 0.558. The van der Waals surface area contributed by atoms with E-state index in [1.807, 2.05) is 0 Å². The predicted molar refractivity (Wildman–Crippen MR) is 128 cm³/mol. The van der Waals surface area contributed by atoms with Gasteiger partial charge in [0.1, 0.15) is 5.78 Å². The van der Waals surface area contributed by atoms with Crippen LogP contribution in [0, 0.1) is 64.1 Å². The van der Waals surface area contributed by atoms with Crippen molar-refractivity contribution in [3.63, 3.8) is 0 Å². The summed E-state index contributed by atoms with van der Waals surface area (Å²) in [7, 11) is 0. The molecular weight excluding hydrogens is 396 g/mol. The first-order chi connectivity index (χ1) is 15.1. The minimum atomic E-state index is -0.326.